The molecular weight excluding hydrogens is 498 g/mol. The van der Waals surface area contributed by atoms with Crippen LogP contribution in [0.15, 0.2) is 72.0 Å². The minimum absolute atomic E-state index is 0.0766. The summed E-state index contributed by atoms with van der Waals surface area (Å²) in [4.78, 5) is 23.8. The van der Waals surface area contributed by atoms with Crippen LogP contribution < -0.4 is 10.0 Å². The molecule has 4 heterocycles. The van der Waals surface area contributed by atoms with Gasteiger partial charge in [-0.3, -0.25) is 4.79 Å². The summed E-state index contributed by atoms with van der Waals surface area (Å²) in [6.45, 7) is 1.93. The van der Waals surface area contributed by atoms with E-state index >= 15 is 0 Å². The van der Waals surface area contributed by atoms with Crippen molar-refractivity contribution in [1.29, 1.82) is 0 Å². The van der Waals surface area contributed by atoms with Gasteiger partial charge in [0.1, 0.15) is 5.69 Å². The predicted molar refractivity (Wildman–Crippen MR) is 139 cm³/mol. The van der Waals surface area contributed by atoms with Crippen molar-refractivity contribution >= 4 is 49.3 Å². The molecule has 1 amide bonds. The van der Waals surface area contributed by atoms with Crippen molar-refractivity contribution in [2.75, 3.05) is 6.54 Å². The fourth-order valence-electron chi connectivity index (χ4n) is 5.01. The zero-order valence-corrected chi connectivity index (χ0v) is 20.7. The molecule has 5 aromatic rings. The van der Waals surface area contributed by atoms with Gasteiger partial charge in [-0.05, 0) is 47.9 Å². The quantitative estimate of drug-likeness (QED) is 0.284. The number of H-pyrrole nitrogens is 2. The summed E-state index contributed by atoms with van der Waals surface area (Å²) in [5, 5.41) is 5.16. The summed E-state index contributed by atoms with van der Waals surface area (Å²) in [5.74, 6) is -0.783. The molecule has 0 spiro atoms. The minimum Gasteiger partial charge on any atom is -0.361 e. The van der Waals surface area contributed by atoms with Gasteiger partial charge < -0.3 is 15.3 Å². The van der Waals surface area contributed by atoms with Crippen molar-refractivity contribution in [2.45, 2.75) is 23.9 Å². The third-order valence-corrected chi connectivity index (χ3v) is 8.29. The molecule has 3 aromatic heterocycles. The lowest BCUT2D eigenvalue weighted by atomic mass is 9.84. The number of aryl methyl sites for hydroxylation is 1. The van der Waals surface area contributed by atoms with Gasteiger partial charge in [0.2, 0.25) is 0 Å². The van der Waals surface area contributed by atoms with Gasteiger partial charge in [-0.1, -0.05) is 41.9 Å². The van der Waals surface area contributed by atoms with Gasteiger partial charge >= 0.3 is 0 Å². The van der Waals surface area contributed by atoms with E-state index in [0.717, 1.165) is 38.5 Å². The second kappa shape index (κ2) is 8.48. The van der Waals surface area contributed by atoms with Gasteiger partial charge in [-0.25, -0.2) is 18.1 Å². The first-order valence-electron chi connectivity index (χ1n) is 11.4. The lowest BCUT2D eigenvalue weighted by Gasteiger charge is -2.26. The molecule has 1 aliphatic heterocycles. The Bertz CT molecular complexity index is 1740. The number of sulfonamides is 1. The Kier molecular flexibility index (Phi) is 5.36. The molecule has 10 heteroatoms. The van der Waals surface area contributed by atoms with Crippen molar-refractivity contribution < 1.29 is 13.2 Å². The van der Waals surface area contributed by atoms with Gasteiger partial charge in [-0.2, -0.15) is 0 Å². The summed E-state index contributed by atoms with van der Waals surface area (Å²) >= 11 is 6.22. The normalized spacial score (nSPS) is 18.2. The van der Waals surface area contributed by atoms with E-state index in [1.807, 2.05) is 49.5 Å². The summed E-state index contributed by atoms with van der Waals surface area (Å²) in [7, 11) is -3.99. The van der Waals surface area contributed by atoms with Crippen LogP contribution in [0, 0.1) is 6.92 Å². The number of carbonyl (C=O) groups is 1. The molecule has 0 unspecified atom stereocenters. The second-order valence-electron chi connectivity index (χ2n) is 8.98. The number of nitrogens with one attached hydrogen (secondary N) is 4. The van der Waals surface area contributed by atoms with Gasteiger partial charge in [-0.15, -0.1) is 0 Å². The maximum atomic E-state index is 13.4. The highest BCUT2D eigenvalue weighted by molar-refractivity contribution is 7.89. The number of halogens is 1. The van der Waals surface area contributed by atoms with Crippen LogP contribution in [0.1, 0.15) is 33.1 Å². The highest BCUT2D eigenvalue weighted by Gasteiger charge is 2.38. The highest BCUT2D eigenvalue weighted by Crippen LogP contribution is 2.41. The SMILES string of the molecule is Cc1ccc(S(=O)(=O)N[C@@H]2CNC(=O)c3[nH]c4ccccc4c3[C@H]2c2c[nH]c3cc(Cl)ccc23)nc1. The van der Waals surface area contributed by atoms with Crippen LogP contribution in [0.4, 0.5) is 0 Å². The lowest BCUT2D eigenvalue weighted by molar-refractivity contribution is 0.0950. The van der Waals surface area contributed by atoms with Crippen LogP contribution in [-0.4, -0.2) is 41.9 Å². The average molecular weight is 520 g/mol. The summed E-state index contributed by atoms with van der Waals surface area (Å²) in [5.41, 5.74) is 4.49. The Morgan fingerprint density at radius 3 is 2.69 bits per heavy atom. The number of benzene rings is 2. The molecule has 8 nitrogen and oxygen atoms in total. The van der Waals surface area contributed by atoms with Crippen LogP contribution in [0.25, 0.3) is 21.8 Å². The molecule has 2 atom stereocenters. The zero-order chi connectivity index (χ0) is 25.0. The maximum absolute atomic E-state index is 13.4. The smallest absolute Gasteiger partial charge is 0.268 e. The molecule has 36 heavy (non-hydrogen) atoms. The molecule has 1 aliphatic rings. The minimum atomic E-state index is -3.99. The van der Waals surface area contributed by atoms with Crippen molar-refractivity contribution in [1.82, 2.24) is 25.0 Å². The number of para-hydroxylation sites is 1. The van der Waals surface area contributed by atoms with Gasteiger partial charge in [0.05, 0.1) is 6.04 Å². The standard InChI is InChI=1S/C26H22ClN5O3S/c1-14-6-9-22(29-11-14)36(34,35)32-21-13-30-26(33)25-24(17-4-2-3-5-19(17)31-25)23(21)18-12-28-20-10-15(27)7-8-16(18)20/h2-12,21,23,28,31-32H,13H2,1H3,(H,30,33)/t21-,23+/m1/s1. The third kappa shape index (κ3) is 3.76. The maximum Gasteiger partial charge on any atom is 0.268 e. The molecule has 6 rings (SSSR count). The van der Waals surface area contributed by atoms with Crippen LogP contribution >= 0.6 is 11.6 Å². The van der Waals surface area contributed by atoms with Crippen molar-refractivity contribution in [3.63, 3.8) is 0 Å². The molecule has 4 N–H and O–H groups in total. The molecule has 0 bridgehead atoms. The van der Waals surface area contributed by atoms with Crippen LogP contribution in [0.3, 0.4) is 0 Å². The van der Waals surface area contributed by atoms with Gasteiger partial charge in [0.15, 0.2) is 5.03 Å². The predicted octanol–water partition coefficient (Wildman–Crippen LogP) is 4.23. The Labute approximate surface area is 212 Å². The zero-order valence-electron chi connectivity index (χ0n) is 19.2. The number of nitrogens with zero attached hydrogens (tertiary/aromatic N) is 1. The van der Waals surface area contributed by atoms with E-state index in [1.165, 1.54) is 12.3 Å². The van der Waals surface area contributed by atoms with Crippen LogP contribution in [0.5, 0.6) is 0 Å². The van der Waals surface area contributed by atoms with E-state index in [9.17, 15) is 13.2 Å². The number of carbonyl (C=O) groups excluding carboxylic acids is 1. The monoisotopic (exact) mass is 519 g/mol. The van der Waals surface area contributed by atoms with E-state index in [1.54, 1.807) is 12.1 Å². The lowest BCUT2D eigenvalue weighted by Crippen LogP contribution is -2.45. The molecule has 2 aromatic carbocycles. The molecule has 0 fully saturated rings. The number of fused-ring (bicyclic) bond motifs is 4. The largest absolute Gasteiger partial charge is 0.361 e. The van der Waals surface area contributed by atoms with Gasteiger partial charge in [0, 0.05) is 51.7 Å². The van der Waals surface area contributed by atoms with E-state index in [2.05, 4.69) is 25.0 Å². The number of pyridine rings is 1. The van der Waals surface area contributed by atoms with Crippen LogP contribution in [-0.2, 0) is 10.0 Å². The molecule has 0 aliphatic carbocycles. The van der Waals surface area contributed by atoms with Crippen LogP contribution in [0.2, 0.25) is 5.02 Å². The Morgan fingerprint density at radius 1 is 1.06 bits per heavy atom. The molecule has 0 radical (unpaired) electrons. The van der Waals surface area contributed by atoms with E-state index < -0.39 is 22.0 Å². The molecular formula is C26H22ClN5O3S. The summed E-state index contributed by atoms with van der Waals surface area (Å²) < 4.78 is 29.7. The van der Waals surface area contributed by atoms with Crippen molar-refractivity contribution in [2.24, 2.45) is 0 Å². The van der Waals surface area contributed by atoms with E-state index in [4.69, 9.17) is 11.6 Å². The Hall–Kier alpha value is -3.66. The van der Waals surface area contributed by atoms with Crippen molar-refractivity contribution in [3.05, 3.63) is 94.4 Å². The molecule has 0 saturated heterocycles. The summed E-state index contributed by atoms with van der Waals surface area (Å²) in [6.07, 6.45) is 3.38. The number of amides is 1. The number of aromatic nitrogens is 3. The van der Waals surface area contributed by atoms with E-state index in [-0.39, 0.29) is 17.5 Å². The number of hydrogen-bond acceptors (Lipinski definition) is 4. The van der Waals surface area contributed by atoms with Crippen molar-refractivity contribution in [3.8, 4) is 0 Å². The first kappa shape index (κ1) is 22.8. The number of rotatable bonds is 4. The van der Waals surface area contributed by atoms with E-state index in [0.29, 0.717) is 10.7 Å². The molecule has 0 saturated carbocycles. The number of hydrogen-bond donors (Lipinski definition) is 4. The topological polar surface area (TPSA) is 120 Å². The first-order valence-corrected chi connectivity index (χ1v) is 13.3. The fraction of sp³-hybridized carbons (Fsp3) is 0.154. The fourth-order valence-corrected chi connectivity index (χ4v) is 6.36. The van der Waals surface area contributed by atoms with Gasteiger partial charge in [0.25, 0.3) is 15.9 Å². The summed E-state index contributed by atoms with van der Waals surface area (Å²) in [6, 6.07) is 15.7. The Morgan fingerprint density at radius 2 is 1.89 bits per heavy atom. The molecule has 182 valence electrons. The Balaban J connectivity index is 1.57. The first-order chi connectivity index (χ1) is 17.3. The number of aromatic amines is 2. The highest BCUT2D eigenvalue weighted by atomic mass is 35.5. The average Bonchev–Trinajstić information content (AvgIpc) is 3.41. The third-order valence-electron chi connectivity index (χ3n) is 6.65. The second-order valence-corrected chi connectivity index (χ2v) is 11.1.